The van der Waals surface area contributed by atoms with Crippen molar-refractivity contribution in [1.82, 2.24) is 25.0 Å². The number of nitrogens with one attached hydrogen (secondary N) is 1. The van der Waals surface area contributed by atoms with Gasteiger partial charge in [0.15, 0.2) is 0 Å². The lowest BCUT2D eigenvalue weighted by Crippen LogP contribution is -2.45. The van der Waals surface area contributed by atoms with E-state index >= 15 is 0 Å². The zero-order chi connectivity index (χ0) is 33.9. The third-order valence-corrected chi connectivity index (χ3v) is 8.19. The Morgan fingerprint density at radius 3 is 2.51 bits per heavy atom. The number of rotatable bonds is 8. The Morgan fingerprint density at radius 1 is 1.16 bits per heavy atom. The van der Waals surface area contributed by atoms with Crippen LogP contribution in [0.25, 0.3) is 0 Å². The molecule has 8 heteroatoms. The van der Waals surface area contributed by atoms with Gasteiger partial charge in [-0.05, 0) is 57.4 Å². The minimum Gasteiger partial charge on any atom is -0.349 e. The second kappa shape index (κ2) is 10.8. The first-order valence-corrected chi connectivity index (χ1v) is 13.2. The van der Waals surface area contributed by atoms with Crippen LogP contribution in [0.4, 0.5) is 8.78 Å². The standard InChI is InChI=1S/C29H41F2N5O/c1-19(2)27-34-33-20(3)36(27)25-17-23-9-10-24(18-25)35(23)16-13-26(21-7-5-4-6-8-21)32-28(37)22-11-14-29(30,31)15-12-22/h4-8,19,22-26H,9-18H2,1-3H3,(H,32,37)/i1D3,3D3,16D2,19D. The highest BCUT2D eigenvalue weighted by atomic mass is 19.3. The summed E-state index contributed by atoms with van der Waals surface area (Å²) in [5, 5.41) is 10.7. The van der Waals surface area contributed by atoms with Crippen LogP contribution in [-0.2, 0) is 4.79 Å². The Hall–Kier alpha value is -2.35. The summed E-state index contributed by atoms with van der Waals surface area (Å²) in [4.78, 5) is 15.0. The van der Waals surface area contributed by atoms with Crippen molar-refractivity contribution in [2.75, 3.05) is 6.50 Å². The second-order valence-corrected chi connectivity index (χ2v) is 10.7. The lowest BCUT2D eigenvalue weighted by Gasteiger charge is -2.40. The molecule has 2 aromatic rings. The molecule has 3 fully saturated rings. The van der Waals surface area contributed by atoms with E-state index in [-0.39, 0.29) is 55.9 Å². The highest BCUT2D eigenvalue weighted by Crippen LogP contribution is 2.42. The Labute approximate surface area is 231 Å². The molecule has 0 spiro atoms. The van der Waals surface area contributed by atoms with E-state index in [0.29, 0.717) is 31.2 Å². The molecule has 4 unspecified atom stereocenters. The first-order valence-electron chi connectivity index (χ1n) is 17.7. The molecule has 1 aliphatic carbocycles. The molecule has 2 bridgehead atoms. The van der Waals surface area contributed by atoms with Gasteiger partial charge in [-0.15, -0.1) is 10.2 Å². The Bertz CT molecular complexity index is 1380. The first kappa shape index (κ1) is 17.3. The maximum Gasteiger partial charge on any atom is 0.248 e. The normalized spacial score (nSPS) is 33.2. The van der Waals surface area contributed by atoms with Crippen LogP contribution in [0, 0.1) is 12.8 Å². The molecule has 3 heterocycles. The van der Waals surface area contributed by atoms with Gasteiger partial charge in [-0.2, -0.15) is 0 Å². The van der Waals surface area contributed by atoms with Gasteiger partial charge in [0.2, 0.25) is 11.8 Å². The maximum atomic E-state index is 13.7. The molecule has 1 saturated carbocycles. The summed E-state index contributed by atoms with van der Waals surface area (Å²) in [5.41, 5.74) is 0.693. The number of benzene rings is 1. The van der Waals surface area contributed by atoms with Crippen molar-refractivity contribution < 1.29 is 25.9 Å². The lowest BCUT2D eigenvalue weighted by atomic mass is 9.86. The van der Waals surface area contributed by atoms with Gasteiger partial charge in [-0.1, -0.05) is 44.1 Å². The molecule has 0 radical (unpaired) electrons. The molecule has 2 aliphatic heterocycles. The highest BCUT2D eigenvalue weighted by Gasteiger charge is 2.42. The zero-order valence-corrected chi connectivity index (χ0v) is 21.1. The number of nitrogens with zero attached hydrogens (tertiary/aromatic N) is 4. The van der Waals surface area contributed by atoms with Gasteiger partial charge in [-0.3, -0.25) is 9.69 Å². The largest absolute Gasteiger partial charge is 0.349 e. The smallest absolute Gasteiger partial charge is 0.248 e. The fourth-order valence-corrected chi connectivity index (χ4v) is 6.24. The molecule has 1 aromatic heterocycles. The predicted molar refractivity (Wildman–Crippen MR) is 139 cm³/mol. The van der Waals surface area contributed by atoms with E-state index in [9.17, 15) is 16.3 Å². The van der Waals surface area contributed by atoms with E-state index in [0.717, 1.165) is 0 Å². The molecule has 3 aliphatic rings. The summed E-state index contributed by atoms with van der Waals surface area (Å²) in [6.45, 7) is -6.27. The maximum absolute atomic E-state index is 13.7. The number of piperidine rings is 1. The zero-order valence-electron chi connectivity index (χ0n) is 30.1. The van der Waals surface area contributed by atoms with Crippen LogP contribution >= 0.6 is 0 Å². The number of amides is 1. The average Bonchev–Trinajstić information content (AvgIpc) is 3.53. The minimum atomic E-state index is -2.81. The molecule has 4 atom stereocenters. The molecule has 2 saturated heterocycles. The van der Waals surface area contributed by atoms with Crippen LogP contribution in [0.1, 0.15) is 119 Å². The van der Waals surface area contributed by atoms with Gasteiger partial charge < -0.3 is 9.88 Å². The third-order valence-electron chi connectivity index (χ3n) is 8.19. The highest BCUT2D eigenvalue weighted by molar-refractivity contribution is 5.79. The summed E-state index contributed by atoms with van der Waals surface area (Å²) in [6.07, 6.45) is 1.13. The quantitative estimate of drug-likeness (QED) is 0.465. The summed E-state index contributed by atoms with van der Waals surface area (Å²) in [7, 11) is 0. The van der Waals surface area contributed by atoms with Crippen molar-refractivity contribution >= 4 is 5.91 Å². The van der Waals surface area contributed by atoms with Crippen molar-refractivity contribution in [2.24, 2.45) is 5.92 Å². The lowest BCUT2D eigenvalue weighted by molar-refractivity contribution is -0.130. The van der Waals surface area contributed by atoms with Crippen molar-refractivity contribution in [3.8, 4) is 0 Å². The van der Waals surface area contributed by atoms with E-state index < -0.39 is 55.8 Å². The monoisotopic (exact) mass is 522 g/mol. The summed E-state index contributed by atoms with van der Waals surface area (Å²) < 4.78 is 104. The second-order valence-electron chi connectivity index (χ2n) is 10.7. The number of fused-ring (bicyclic) bond motifs is 2. The Morgan fingerprint density at radius 2 is 1.86 bits per heavy atom. The number of aromatic nitrogens is 3. The van der Waals surface area contributed by atoms with Crippen LogP contribution in [0.3, 0.4) is 0 Å². The van der Waals surface area contributed by atoms with Gasteiger partial charge in [0.25, 0.3) is 0 Å². The summed E-state index contributed by atoms with van der Waals surface area (Å²) in [6, 6.07) is 7.02. The fraction of sp³-hybridized carbons (Fsp3) is 0.690. The fourth-order valence-electron chi connectivity index (χ4n) is 6.24. The molecule has 1 aromatic carbocycles. The van der Waals surface area contributed by atoms with E-state index in [1.165, 1.54) is 11.5 Å². The molecular weight excluding hydrogens is 472 g/mol. The minimum absolute atomic E-state index is 0.0629. The van der Waals surface area contributed by atoms with Gasteiger partial charge in [0.1, 0.15) is 11.6 Å². The number of hydrogen-bond acceptors (Lipinski definition) is 4. The molecule has 1 amide bonds. The topological polar surface area (TPSA) is 63.1 Å². The Kier molecular flexibility index (Phi) is 5.04. The van der Waals surface area contributed by atoms with Gasteiger partial charge in [0, 0.05) is 61.6 Å². The van der Waals surface area contributed by atoms with E-state index in [2.05, 4.69) is 15.5 Å². The summed E-state index contributed by atoms with van der Waals surface area (Å²) in [5.74, 6) is -6.60. The van der Waals surface area contributed by atoms with Gasteiger partial charge in [0.05, 0.1) is 6.04 Å². The van der Waals surface area contributed by atoms with Crippen LogP contribution in [0.15, 0.2) is 30.3 Å². The van der Waals surface area contributed by atoms with Crippen LogP contribution < -0.4 is 5.32 Å². The predicted octanol–water partition coefficient (Wildman–Crippen LogP) is 5.95. The van der Waals surface area contributed by atoms with Crippen molar-refractivity contribution in [1.29, 1.82) is 0 Å². The number of aryl methyl sites for hydroxylation is 1. The number of carbonyl (C=O) groups is 1. The number of carbonyl (C=O) groups excluding carboxylic acids is 1. The Balaban J connectivity index is 1.39. The SMILES string of the molecule is [2H]C([2H])([2H])c1nnc(C([2H])(C)C([2H])([2H])[2H])n1C1CC2CCC(C1)N2C([2H])([2H])CC(NC(=O)C1CCC(F)(F)CC1)c1ccccc1. The van der Waals surface area contributed by atoms with E-state index in [1.54, 1.807) is 29.2 Å². The van der Waals surface area contributed by atoms with Gasteiger partial charge >= 0.3 is 0 Å². The van der Waals surface area contributed by atoms with Crippen molar-refractivity contribution in [2.45, 2.75) is 114 Å². The molecule has 5 rings (SSSR count). The molecule has 6 nitrogen and oxygen atoms in total. The summed E-state index contributed by atoms with van der Waals surface area (Å²) >= 11 is 0. The number of hydrogen-bond donors (Lipinski definition) is 1. The van der Waals surface area contributed by atoms with Crippen LogP contribution in [-0.4, -0.2) is 50.1 Å². The first-order chi connectivity index (χ1) is 21.2. The molecular formula is C29H41F2N5O. The molecule has 37 heavy (non-hydrogen) atoms. The van der Waals surface area contributed by atoms with E-state index in [4.69, 9.17) is 9.60 Å². The van der Waals surface area contributed by atoms with Gasteiger partial charge in [-0.25, -0.2) is 8.78 Å². The van der Waals surface area contributed by atoms with Crippen molar-refractivity contribution in [3.63, 3.8) is 0 Å². The van der Waals surface area contributed by atoms with Crippen molar-refractivity contribution in [3.05, 3.63) is 47.5 Å². The third kappa shape index (κ3) is 5.74. The molecule has 202 valence electrons. The number of alkyl halides is 2. The average molecular weight is 523 g/mol. The van der Waals surface area contributed by atoms with Crippen LogP contribution in [0.5, 0.6) is 0 Å². The number of halogens is 2. The molecule has 1 N–H and O–H groups in total. The van der Waals surface area contributed by atoms with E-state index in [1.807, 2.05) is 6.07 Å². The van der Waals surface area contributed by atoms with Crippen LogP contribution in [0.2, 0.25) is 0 Å².